The fourth-order valence-corrected chi connectivity index (χ4v) is 1.83. The van der Waals surface area contributed by atoms with Crippen molar-refractivity contribution in [1.29, 1.82) is 0 Å². The van der Waals surface area contributed by atoms with E-state index < -0.39 is 11.6 Å². The Kier molecular flexibility index (Phi) is 4.53. The summed E-state index contributed by atoms with van der Waals surface area (Å²) in [5.41, 5.74) is 7.29. The smallest absolute Gasteiger partial charge is 0.129 e. The predicted octanol–water partition coefficient (Wildman–Crippen LogP) is 3.01. The number of rotatable bonds is 5. The summed E-state index contributed by atoms with van der Waals surface area (Å²) in [4.78, 5) is 0. The number of hydrogen-bond acceptors (Lipinski definition) is 3. The second kappa shape index (κ2) is 6.34. The zero-order chi connectivity index (χ0) is 14.5. The fourth-order valence-electron chi connectivity index (χ4n) is 1.83. The molecule has 0 atom stereocenters. The van der Waals surface area contributed by atoms with Crippen LogP contribution >= 0.6 is 0 Å². The van der Waals surface area contributed by atoms with Crippen LogP contribution in [0.1, 0.15) is 11.1 Å². The van der Waals surface area contributed by atoms with Crippen molar-refractivity contribution < 1.29 is 18.3 Å². The maximum absolute atomic E-state index is 13.0. The molecular formula is C15H15F2NO2. The second-order valence-corrected chi connectivity index (χ2v) is 4.24. The summed E-state index contributed by atoms with van der Waals surface area (Å²) in [6, 6.07) is 8.52. The average Bonchev–Trinajstić information content (AvgIpc) is 2.43. The minimum absolute atomic E-state index is 0.143. The first kappa shape index (κ1) is 14.3. The summed E-state index contributed by atoms with van der Waals surface area (Å²) < 4.78 is 36.6. The minimum Gasteiger partial charge on any atom is -0.496 e. The maximum Gasteiger partial charge on any atom is 0.129 e. The SMILES string of the molecule is COc1cc(COc2cc(F)cc(F)c2)ccc1CN. The molecule has 0 amide bonds. The molecule has 0 aliphatic carbocycles. The highest BCUT2D eigenvalue weighted by molar-refractivity contribution is 5.37. The molecule has 0 saturated carbocycles. The molecule has 106 valence electrons. The van der Waals surface area contributed by atoms with Crippen molar-refractivity contribution in [2.75, 3.05) is 7.11 Å². The van der Waals surface area contributed by atoms with E-state index in [4.69, 9.17) is 15.2 Å². The van der Waals surface area contributed by atoms with E-state index in [1.807, 2.05) is 12.1 Å². The largest absolute Gasteiger partial charge is 0.496 e. The lowest BCUT2D eigenvalue weighted by Crippen LogP contribution is -2.02. The van der Waals surface area contributed by atoms with Crippen LogP contribution in [0.4, 0.5) is 8.78 Å². The third-order valence-corrected chi connectivity index (χ3v) is 2.81. The van der Waals surface area contributed by atoms with Gasteiger partial charge in [-0.2, -0.15) is 0 Å². The Morgan fingerprint density at radius 3 is 2.35 bits per heavy atom. The van der Waals surface area contributed by atoms with E-state index in [9.17, 15) is 8.78 Å². The molecule has 2 aromatic rings. The molecule has 0 unspecified atom stereocenters. The molecule has 0 fully saturated rings. The van der Waals surface area contributed by atoms with Gasteiger partial charge in [0.05, 0.1) is 7.11 Å². The number of nitrogens with two attached hydrogens (primary N) is 1. The monoisotopic (exact) mass is 279 g/mol. The molecule has 0 bridgehead atoms. The van der Waals surface area contributed by atoms with Crippen LogP contribution in [0.2, 0.25) is 0 Å². The molecular weight excluding hydrogens is 264 g/mol. The van der Waals surface area contributed by atoms with Crippen LogP contribution in [0, 0.1) is 11.6 Å². The first-order valence-electron chi connectivity index (χ1n) is 6.07. The van der Waals surface area contributed by atoms with Gasteiger partial charge in [0.25, 0.3) is 0 Å². The van der Waals surface area contributed by atoms with Crippen LogP contribution in [-0.4, -0.2) is 7.11 Å². The van der Waals surface area contributed by atoms with Crippen LogP contribution in [0.15, 0.2) is 36.4 Å². The Labute approximate surface area is 115 Å². The quantitative estimate of drug-likeness (QED) is 0.915. The molecule has 0 saturated heterocycles. The van der Waals surface area contributed by atoms with Gasteiger partial charge >= 0.3 is 0 Å². The van der Waals surface area contributed by atoms with E-state index in [-0.39, 0.29) is 12.4 Å². The standard InChI is InChI=1S/C15H15F2NO2/c1-19-15-4-10(2-3-11(15)8-18)9-20-14-6-12(16)5-13(17)7-14/h2-7H,8-9,18H2,1H3. The fraction of sp³-hybridized carbons (Fsp3) is 0.200. The van der Waals surface area contributed by atoms with Crippen LogP contribution in [0.25, 0.3) is 0 Å². The Balaban J connectivity index is 2.10. The van der Waals surface area contributed by atoms with Crippen LogP contribution < -0.4 is 15.2 Å². The molecule has 0 spiro atoms. The molecule has 0 aliphatic heterocycles. The summed E-state index contributed by atoms with van der Waals surface area (Å²) in [7, 11) is 1.56. The zero-order valence-electron chi connectivity index (χ0n) is 11.0. The molecule has 0 heterocycles. The topological polar surface area (TPSA) is 44.5 Å². The average molecular weight is 279 g/mol. The van der Waals surface area contributed by atoms with Crippen LogP contribution in [0.5, 0.6) is 11.5 Å². The van der Waals surface area contributed by atoms with Gasteiger partial charge in [0.15, 0.2) is 0 Å². The maximum atomic E-state index is 13.0. The number of halogens is 2. The molecule has 0 radical (unpaired) electrons. The van der Waals surface area contributed by atoms with Gasteiger partial charge in [-0.05, 0) is 11.6 Å². The van der Waals surface area contributed by atoms with Crippen LogP contribution in [0.3, 0.4) is 0 Å². The molecule has 0 aliphatic rings. The van der Waals surface area contributed by atoms with Crippen molar-refractivity contribution in [3.63, 3.8) is 0 Å². The zero-order valence-corrected chi connectivity index (χ0v) is 11.0. The van der Waals surface area contributed by atoms with Gasteiger partial charge in [-0.3, -0.25) is 0 Å². The first-order chi connectivity index (χ1) is 9.62. The molecule has 3 nitrogen and oxygen atoms in total. The lowest BCUT2D eigenvalue weighted by atomic mass is 10.1. The highest BCUT2D eigenvalue weighted by atomic mass is 19.1. The summed E-state index contributed by atoms with van der Waals surface area (Å²) in [6.45, 7) is 0.559. The van der Waals surface area contributed by atoms with E-state index in [2.05, 4.69) is 0 Å². The van der Waals surface area contributed by atoms with E-state index in [0.29, 0.717) is 12.3 Å². The van der Waals surface area contributed by atoms with Gasteiger partial charge in [0, 0.05) is 30.3 Å². The number of hydrogen-bond donors (Lipinski definition) is 1. The normalized spacial score (nSPS) is 10.4. The van der Waals surface area contributed by atoms with E-state index in [0.717, 1.165) is 29.3 Å². The molecule has 0 aromatic heterocycles. The summed E-state index contributed by atoms with van der Waals surface area (Å²) in [6.07, 6.45) is 0. The predicted molar refractivity (Wildman–Crippen MR) is 71.6 cm³/mol. The van der Waals surface area contributed by atoms with Crippen molar-refractivity contribution in [1.82, 2.24) is 0 Å². The van der Waals surface area contributed by atoms with Gasteiger partial charge < -0.3 is 15.2 Å². The Morgan fingerprint density at radius 2 is 1.75 bits per heavy atom. The number of benzene rings is 2. The van der Waals surface area contributed by atoms with Gasteiger partial charge in [-0.15, -0.1) is 0 Å². The molecule has 2 aromatic carbocycles. The van der Waals surface area contributed by atoms with Gasteiger partial charge in [0.1, 0.15) is 29.7 Å². The van der Waals surface area contributed by atoms with Crippen molar-refractivity contribution in [3.8, 4) is 11.5 Å². The number of ether oxygens (including phenoxy) is 2. The van der Waals surface area contributed by atoms with Crippen molar-refractivity contribution in [2.45, 2.75) is 13.2 Å². The Bertz CT molecular complexity index is 582. The Morgan fingerprint density at radius 1 is 1.05 bits per heavy atom. The molecule has 5 heteroatoms. The van der Waals surface area contributed by atoms with Crippen molar-refractivity contribution in [3.05, 3.63) is 59.2 Å². The molecule has 2 N–H and O–H groups in total. The number of methoxy groups -OCH3 is 1. The van der Waals surface area contributed by atoms with E-state index in [1.54, 1.807) is 13.2 Å². The summed E-state index contributed by atoms with van der Waals surface area (Å²) in [5.74, 6) is -0.532. The Hall–Kier alpha value is -2.14. The highest BCUT2D eigenvalue weighted by Gasteiger charge is 2.05. The van der Waals surface area contributed by atoms with E-state index in [1.165, 1.54) is 0 Å². The van der Waals surface area contributed by atoms with Gasteiger partial charge in [0.2, 0.25) is 0 Å². The van der Waals surface area contributed by atoms with Crippen LogP contribution in [-0.2, 0) is 13.2 Å². The lowest BCUT2D eigenvalue weighted by molar-refractivity contribution is 0.301. The van der Waals surface area contributed by atoms with Gasteiger partial charge in [-0.25, -0.2) is 8.78 Å². The summed E-state index contributed by atoms with van der Waals surface area (Å²) in [5, 5.41) is 0. The summed E-state index contributed by atoms with van der Waals surface area (Å²) >= 11 is 0. The lowest BCUT2D eigenvalue weighted by Gasteiger charge is -2.10. The molecule has 2 rings (SSSR count). The highest BCUT2D eigenvalue weighted by Crippen LogP contribution is 2.22. The molecule has 20 heavy (non-hydrogen) atoms. The van der Waals surface area contributed by atoms with Gasteiger partial charge in [-0.1, -0.05) is 12.1 Å². The second-order valence-electron chi connectivity index (χ2n) is 4.24. The first-order valence-corrected chi connectivity index (χ1v) is 6.07. The third-order valence-electron chi connectivity index (χ3n) is 2.81. The minimum atomic E-state index is -0.670. The van der Waals surface area contributed by atoms with Crippen molar-refractivity contribution >= 4 is 0 Å². The third kappa shape index (κ3) is 3.45. The van der Waals surface area contributed by atoms with Crippen molar-refractivity contribution in [2.24, 2.45) is 5.73 Å². The van der Waals surface area contributed by atoms with E-state index >= 15 is 0 Å².